The third-order valence-corrected chi connectivity index (χ3v) is 4.41. The standard InChI is InChI=1S/C9H19N3O4S/c1-11(2)17(14,15)10-7-5-8(9(13)16-4)12(3)6-7/h7-8,10H,5-6H2,1-4H3/t7-,8-/m0/s1. The number of hydrogen-bond donors (Lipinski definition) is 1. The minimum Gasteiger partial charge on any atom is -0.468 e. The minimum absolute atomic E-state index is 0.267. The molecule has 0 unspecified atom stereocenters. The minimum atomic E-state index is -3.46. The number of methoxy groups -OCH3 is 1. The molecule has 8 heteroatoms. The van der Waals surface area contributed by atoms with Crippen molar-refractivity contribution in [2.24, 2.45) is 0 Å². The molecule has 1 rings (SSSR count). The van der Waals surface area contributed by atoms with Crippen LogP contribution in [0.15, 0.2) is 0 Å². The predicted octanol–water partition coefficient (Wildman–Crippen LogP) is -1.37. The second-order valence-corrected chi connectivity index (χ2v) is 6.23. The Balaban J connectivity index is 2.64. The fourth-order valence-electron chi connectivity index (χ4n) is 1.81. The lowest BCUT2D eigenvalue weighted by atomic mass is 10.2. The summed E-state index contributed by atoms with van der Waals surface area (Å²) in [5.74, 6) is -0.334. The molecule has 0 aromatic rings. The Morgan fingerprint density at radius 2 is 2.06 bits per heavy atom. The number of carbonyl (C=O) groups excluding carboxylic acids is 1. The van der Waals surface area contributed by atoms with Crippen molar-refractivity contribution < 1.29 is 17.9 Å². The molecule has 0 aromatic heterocycles. The van der Waals surface area contributed by atoms with Crippen molar-refractivity contribution >= 4 is 16.2 Å². The molecule has 1 aliphatic heterocycles. The average Bonchev–Trinajstić information content (AvgIpc) is 2.57. The molecule has 0 aliphatic carbocycles. The summed E-state index contributed by atoms with van der Waals surface area (Å²) >= 11 is 0. The molecule has 17 heavy (non-hydrogen) atoms. The highest BCUT2D eigenvalue weighted by atomic mass is 32.2. The second-order valence-electron chi connectivity index (χ2n) is 4.32. The van der Waals surface area contributed by atoms with Gasteiger partial charge in [-0.3, -0.25) is 9.69 Å². The largest absolute Gasteiger partial charge is 0.468 e. The highest BCUT2D eigenvalue weighted by Gasteiger charge is 2.37. The SMILES string of the molecule is COC(=O)[C@@H]1C[C@H](NS(=O)(=O)N(C)C)CN1C. The second kappa shape index (κ2) is 5.30. The summed E-state index contributed by atoms with van der Waals surface area (Å²) in [6, 6.07) is -0.647. The van der Waals surface area contributed by atoms with E-state index in [-0.39, 0.29) is 18.1 Å². The molecule has 0 radical (unpaired) electrons. The van der Waals surface area contributed by atoms with Crippen molar-refractivity contribution in [2.75, 3.05) is 34.8 Å². The Kier molecular flexibility index (Phi) is 4.48. The monoisotopic (exact) mass is 265 g/mol. The number of esters is 1. The van der Waals surface area contributed by atoms with Gasteiger partial charge in [-0.15, -0.1) is 0 Å². The molecule has 1 heterocycles. The van der Waals surface area contributed by atoms with E-state index in [4.69, 9.17) is 0 Å². The smallest absolute Gasteiger partial charge is 0.323 e. The quantitative estimate of drug-likeness (QED) is 0.634. The van der Waals surface area contributed by atoms with E-state index in [0.29, 0.717) is 13.0 Å². The summed E-state index contributed by atoms with van der Waals surface area (Å²) in [6.07, 6.45) is 0.427. The summed E-state index contributed by atoms with van der Waals surface area (Å²) in [5, 5.41) is 0. The van der Waals surface area contributed by atoms with E-state index < -0.39 is 10.2 Å². The van der Waals surface area contributed by atoms with Gasteiger partial charge in [0.2, 0.25) is 0 Å². The van der Waals surface area contributed by atoms with E-state index in [2.05, 4.69) is 9.46 Å². The molecule has 7 nitrogen and oxygen atoms in total. The third kappa shape index (κ3) is 3.38. The number of likely N-dealkylation sites (tertiary alicyclic amines) is 1. The van der Waals surface area contributed by atoms with Crippen molar-refractivity contribution in [3.05, 3.63) is 0 Å². The molecule has 1 saturated heterocycles. The highest BCUT2D eigenvalue weighted by molar-refractivity contribution is 7.87. The van der Waals surface area contributed by atoms with Gasteiger partial charge in [0.1, 0.15) is 6.04 Å². The molecule has 1 aliphatic rings. The van der Waals surface area contributed by atoms with Crippen LogP contribution in [-0.2, 0) is 19.7 Å². The number of nitrogens with zero attached hydrogens (tertiary/aromatic N) is 2. The maximum Gasteiger partial charge on any atom is 0.323 e. The van der Waals surface area contributed by atoms with Crippen molar-refractivity contribution in [3.8, 4) is 0 Å². The molecule has 0 amide bonds. The number of ether oxygens (including phenoxy) is 1. The molecule has 1 fully saturated rings. The number of carbonyl (C=O) groups is 1. The van der Waals surface area contributed by atoms with Crippen LogP contribution in [0.25, 0.3) is 0 Å². The van der Waals surface area contributed by atoms with E-state index in [9.17, 15) is 13.2 Å². The molecule has 0 aromatic carbocycles. The van der Waals surface area contributed by atoms with Crippen LogP contribution < -0.4 is 4.72 Å². The van der Waals surface area contributed by atoms with Crippen LogP contribution in [0.2, 0.25) is 0 Å². The van der Waals surface area contributed by atoms with E-state index in [1.54, 1.807) is 11.9 Å². The highest BCUT2D eigenvalue weighted by Crippen LogP contribution is 2.17. The van der Waals surface area contributed by atoms with Crippen LogP contribution in [0.3, 0.4) is 0 Å². The summed E-state index contributed by atoms with van der Waals surface area (Å²) < 4.78 is 31.6. The zero-order chi connectivity index (χ0) is 13.2. The molecule has 2 atom stereocenters. The van der Waals surface area contributed by atoms with E-state index in [1.165, 1.54) is 21.2 Å². The van der Waals surface area contributed by atoms with E-state index in [0.717, 1.165) is 4.31 Å². The van der Waals surface area contributed by atoms with Crippen LogP contribution in [0.5, 0.6) is 0 Å². The van der Waals surface area contributed by atoms with Crippen molar-refractivity contribution in [2.45, 2.75) is 18.5 Å². The fourth-order valence-corrected chi connectivity index (χ4v) is 2.62. The van der Waals surface area contributed by atoms with Crippen molar-refractivity contribution in [1.82, 2.24) is 13.9 Å². The lowest BCUT2D eigenvalue weighted by molar-refractivity contribution is -0.145. The Morgan fingerprint density at radius 1 is 1.47 bits per heavy atom. The van der Waals surface area contributed by atoms with Gasteiger partial charge in [-0.1, -0.05) is 0 Å². The Hall–Kier alpha value is -0.700. The van der Waals surface area contributed by atoms with Gasteiger partial charge in [-0.25, -0.2) is 0 Å². The van der Waals surface area contributed by atoms with Gasteiger partial charge in [-0.2, -0.15) is 17.4 Å². The number of likely N-dealkylation sites (N-methyl/N-ethyl adjacent to an activating group) is 1. The summed E-state index contributed by atoms with van der Waals surface area (Å²) in [5.41, 5.74) is 0. The Bertz CT molecular complexity index is 382. The van der Waals surface area contributed by atoms with Gasteiger partial charge in [0.25, 0.3) is 10.2 Å². The topological polar surface area (TPSA) is 78.9 Å². The molecule has 0 bridgehead atoms. The van der Waals surface area contributed by atoms with E-state index >= 15 is 0 Å². The molecular weight excluding hydrogens is 246 g/mol. The van der Waals surface area contributed by atoms with Crippen molar-refractivity contribution in [1.29, 1.82) is 0 Å². The maximum absolute atomic E-state index is 11.6. The van der Waals surface area contributed by atoms with Crippen molar-refractivity contribution in [3.63, 3.8) is 0 Å². The van der Waals surface area contributed by atoms with Gasteiger partial charge in [0.15, 0.2) is 0 Å². The Morgan fingerprint density at radius 3 is 2.53 bits per heavy atom. The first-order valence-electron chi connectivity index (χ1n) is 5.25. The van der Waals surface area contributed by atoms with Crippen LogP contribution >= 0.6 is 0 Å². The van der Waals surface area contributed by atoms with Gasteiger partial charge in [0, 0.05) is 26.7 Å². The summed E-state index contributed by atoms with van der Waals surface area (Å²) in [7, 11) is 2.55. The van der Waals surface area contributed by atoms with E-state index in [1.807, 2.05) is 0 Å². The first-order valence-corrected chi connectivity index (χ1v) is 6.69. The molecule has 0 saturated carbocycles. The first kappa shape index (κ1) is 14.4. The third-order valence-electron chi connectivity index (χ3n) is 2.82. The lowest BCUT2D eigenvalue weighted by Gasteiger charge is -2.16. The van der Waals surface area contributed by atoms with Crippen LogP contribution in [0.4, 0.5) is 0 Å². The number of nitrogens with one attached hydrogen (secondary N) is 1. The lowest BCUT2D eigenvalue weighted by Crippen LogP contribution is -2.43. The first-order chi connectivity index (χ1) is 7.77. The number of hydrogen-bond acceptors (Lipinski definition) is 5. The van der Waals surface area contributed by atoms with Crippen LogP contribution in [0.1, 0.15) is 6.42 Å². The van der Waals surface area contributed by atoms with Crippen LogP contribution in [0, 0.1) is 0 Å². The maximum atomic E-state index is 11.6. The summed E-state index contributed by atoms with van der Waals surface area (Å²) in [4.78, 5) is 13.2. The zero-order valence-electron chi connectivity index (χ0n) is 10.5. The average molecular weight is 265 g/mol. The van der Waals surface area contributed by atoms with Crippen LogP contribution in [-0.4, -0.2) is 70.5 Å². The molecule has 0 spiro atoms. The predicted molar refractivity (Wildman–Crippen MR) is 62.6 cm³/mol. The fraction of sp³-hybridized carbons (Fsp3) is 0.889. The van der Waals surface area contributed by atoms with Gasteiger partial charge >= 0.3 is 5.97 Å². The van der Waals surface area contributed by atoms with Gasteiger partial charge in [0.05, 0.1) is 7.11 Å². The van der Waals surface area contributed by atoms with Gasteiger partial charge < -0.3 is 4.74 Å². The van der Waals surface area contributed by atoms with Gasteiger partial charge in [-0.05, 0) is 13.5 Å². The number of rotatable bonds is 4. The molecule has 1 N–H and O–H groups in total. The molecule has 100 valence electrons. The normalized spacial score (nSPS) is 26.4. The Labute approximate surface area is 102 Å². The zero-order valence-corrected chi connectivity index (χ0v) is 11.3. The molecular formula is C9H19N3O4S. The summed E-state index contributed by atoms with van der Waals surface area (Å²) in [6.45, 7) is 0.493.